The Balaban J connectivity index is 1.92. The minimum Gasteiger partial charge on any atom is -0.268 e. The van der Waals surface area contributed by atoms with Gasteiger partial charge in [-0.15, -0.1) is 0 Å². The smallest absolute Gasteiger partial charge is 0.230 e. The molecule has 0 amide bonds. The molecule has 0 spiro atoms. The fraction of sp³-hybridized carbons (Fsp3) is 0.125. The molecule has 3 aromatic heterocycles. The van der Waals surface area contributed by atoms with Crippen molar-refractivity contribution in [1.82, 2.24) is 15.0 Å². The number of sulfonamides is 1. The van der Waals surface area contributed by atoms with Gasteiger partial charge in [0.15, 0.2) is 0 Å². The van der Waals surface area contributed by atoms with Crippen LogP contribution in [0.4, 0.5) is 10.2 Å². The lowest BCUT2D eigenvalue weighted by Crippen LogP contribution is -2.18. The molecule has 0 aliphatic rings. The van der Waals surface area contributed by atoms with E-state index < -0.39 is 10.0 Å². The van der Waals surface area contributed by atoms with E-state index in [9.17, 15) is 12.8 Å². The van der Waals surface area contributed by atoms with E-state index in [4.69, 9.17) is 0 Å². The molecule has 6 nitrogen and oxygen atoms in total. The van der Waals surface area contributed by atoms with Crippen LogP contribution in [0.1, 0.15) is 34.2 Å². The maximum Gasteiger partial charge on any atom is 0.230 e. The van der Waals surface area contributed by atoms with Gasteiger partial charge in [0.25, 0.3) is 0 Å². The number of anilines is 1. The summed E-state index contributed by atoms with van der Waals surface area (Å²) in [6.45, 7) is 0. The third kappa shape index (κ3) is 5.15. The van der Waals surface area contributed by atoms with Gasteiger partial charge in [-0.2, -0.15) is 0 Å². The van der Waals surface area contributed by atoms with Crippen LogP contribution in [-0.2, 0) is 10.0 Å². The molecule has 0 bridgehead atoms. The zero-order valence-electron chi connectivity index (χ0n) is 17.3. The van der Waals surface area contributed by atoms with E-state index in [1.54, 1.807) is 49.1 Å². The van der Waals surface area contributed by atoms with Gasteiger partial charge in [-0.1, -0.05) is 30.3 Å². The number of hydrogen-bond acceptors (Lipinski definition) is 5. The number of nitrogens with zero attached hydrogens (tertiary/aromatic N) is 3. The Bertz CT molecular complexity index is 1250. The Morgan fingerprint density at radius 1 is 0.781 bits per heavy atom. The fourth-order valence-electron chi connectivity index (χ4n) is 3.77. The Morgan fingerprint density at radius 2 is 1.41 bits per heavy atom. The molecule has 1 aromatic carbocycles. The molecule has 0 aliphatic heterocycles. The van der Waals surface area contributed by atoms with Crippen LogP contribution < -0.4 is 4.72 Å². The first kappa shape index (κ1) is 21.6. The zero-order chi connectivity index (χ0) is 22.6. The van der Waals surface area contributed by atoms with Crippen molar-refractivity contribution in [3.8, 4) is 0 Å². The van der Waals surface area contributed by atoms with Gasteiger partial charge in [-0.25, -0.2) is 17.8 Å². The highest BCUT2D eigenvalue weighted by molar-refractivity contribution is 7.92. The summed E-state index contributed by atoms with van der Waals surface area (Å²) in [4.78, 5) is 13.2. The van der Waals surface area contributed by atoms with Crippen molar-refractivity contribution >= 4 is 15.8 Å². The predicted octanol–water partition coefficient (Wildman–Crippen LogP) is 4.35. The Labute approximate surface area is 186 Å². The third-order valence-corrected chi connectivity index (χ3v) is 5.61. The van der Waals surface area contributed by atoms with Crippen molar-refractivity contribution in [2.75, 3.05) is 11.0 Å². The van der Waals surface area contributed by atoms with E-state index >= 15 is 0 Å². The van der Waals surface area contributed by atoms with Crippen molar-refractivity contribution in [3.05, 3.63) is 120 Å². The van der Waals surface area contributed by atoms with Crippen molar-refractivity contribution in [2.24, 2.45) is 0 Å². The highest BCUT2D eigenvalue weighted by atomic mass is 32.2. The van der Waals surface area contributed by atoms with Crippen molar-refractivity contribution in [1.29, 1.82) is 0 Å². The molecule has 0 saturated heterocycles. The first-order valence-corrected chi connectivity index (χ1v) is 11.8. The van der Waals surface area contributed by atoms with Crippen LogP contribution in [0.5, 0.6) is 0 Å². The van der Waals surface area contributed by atoms with Gasteiger partial charge in [0.2, 0.25) is 10.0 Å². The van der Waals surface area contributed by atoms with Crippen LogP contribution >= 0.6 is 0 Å². The SMILES string of the molecule is CS(=O)(=O)Nc1cccc([C@@H](c2ccc(F)cc2)C(c2cccnc2)c2cccnc2)n1. The van der Waals surface area contributed by atoms with Crippen molar-refractivity contribution < 1.29 is 12.8 Å². The largest absolute Gasteiger partial charge is 0.268 e. The van der Waals surface area contributed by atoms with E-state index in [2.05, 4.69) is 19.7 Å². The third-order valence-electron chi connectivity index (χ3n) is 5.03. The Morgan fingerprint density at radius 3 is 1.94 bits per heavy atom. The Hall–Kier alpha value is -3.65. The van der Waals surface area contributed by atoms with Crippen LogP contribution in [0.25, 0.3) is 0 Å². The summed E-state index contributed by atoms with van der Waals surface area (Å²) in [5.74, 6) is -0.727. The summed E-state index contributed by atoms with van der Waals surface area (Å²) >= 11 is 0. The average Bonchev–Trinajstić information content (AvgIpc) is 2.78. The predicted molar refractivity (Wildman–Crippen MR) is 121 cm³/mol. The van der Waals surface area contributed by atoms with E-state index in [1.165, 1.54) is 12.1 Å². The summed E-state index contributed by atoms with van der Waals surface area (Å²) in [7, 11) is -3.50. The highest BCUT2D eigenvalue weighted by Gasteiger charge is 2.30. The number of nitrogens with one attached hydrogen (secondary N) is 1. The number of pyridine rings is 3. The van der Waals surface area contributed by atoms with Gasteiger partial charge in [0, 0.05) is 36.6 Å². The molecule has 4 rings (SSSR count). The second-order valence-corrected chi connectivity index (χ2v) is 9.15. The summed E-state index contributed by atoms with van der Waals surface area (Å²) in [5.41, 5.74) is 3.31. The topological polar surface area (TPSA) is 84.8 Å². The molecule has 0 saturated carbocycles. The molecule has 32 heavy (non-hydrogen) atoms. The van der Waals surface area contributed by atoms with Gasteiger partial charge in [0.05, 0.1) is 11.9 Å². The molecule has 4 aromatic rings. The van der Waals surface area contributed by atoms with E-state index in [0.29, 0.717) is 5.69 Å². The van der Waals surface area contributed by atoms with Crippen LogP contribution in [-0.4, -0.2) is 29.6 Å². The fourth-order valence-corrected chi connectivity index (χ4v) is 4.27. The standard InChI is InChI=1S/C24H21FN4O2S/c1-32(30,31)29-22-8-2-7-21(28-22)24(17-9-11-20(25)12-10-17)23(18-5-3-13-26-15-18)19-6-4-14-27-16-19/h2-16,23-24H,1H3,(H,28,29)/t24-/m1/s1. The van der Waals surface area contributed by atoms with E-state index in [1.807, 2.05) is 30.3 Å². The van der Waals surface area contributed by atoms with E-state index in [-0.39, 0.29) is 23.5 Å². The monoisotopic (exact) mass is 448 g/mol. The lowest BCUT2D eigenvalue weighted by Gasteiger charge is -2.28. The molecule has 1 N–H and O–H groups in total. The zero-order valence-corrected chi connectivity index (χ0v) is 18.1. The maximum atomic E-state index is 13.7. The van der Waals surface area contributed by atoms with Crippen LogP contribution in [0.3, 0.4) is 0 Å². The molecule has 0 fully saturated rings. The van der Waals surface area contributed by atoms with Gasteiger partial charge >= 0.3 is 0 Å². The minimum absolute atomic E-state index is 0.216. The quantitative estimate of drug-likeness (QED) is 0.454. The van der Waals surface area contributed by atoms with Crippen LogP contribution in [0, 0.1) is 5.82 Å². The molecule has 3 heterocycles. The first-order valence-electron chi connectivity index (χ1n) is 9.91. The van der Waals surface area contributed by atoms with Gasteiger partial charge in [-0.05, 0) is 53.1 Å². The number of rotatable bonds is 7. The lowest BCUT2D eigenvalue weighted by molar-refractivity contribution is 0.606. The van der Waals surface area contributed by atoms with Crippen molar-refractivity contribution in [2.45, 2.75) is 11.8 Å². The second kappa shape index (κ2) is 9.23. The number of aromatic nitrogens is 3. The molecular formula is C24H21FN4O2S. The average molecular weight is 449 g/mol. The summed E-state index contributed by atoms with van der Waals surface area (Å²) in [6.07, 6.45) is 8.05. The number of benzene rings is 1. The number of hydrogen-bond donors (Lipinski definition) is 1. The maximum absolute atomic E-state index is 13.7. The second-order valence-electron chi connectivity index (χ2n) is 7.40. The molecule has 0 unspecified atom stereocenters. The van der Waals surface area contributed by atoms with E-state index in [0.717, 1.165) is 22.9 Å². The normalized spacial score (nSPS) is 12.5. The van der Waals surface area contributed by atoms with Crippen LogP contribution in [0.15, 0.2) is 91.5 Å². The van der Waals surface area contributed by atoms with Gasteiger partial charge in [-0.3, -0.25) is 14.7 Å². The van der Waals surface area contributed by atoms with Crippen LogP contribution in [0.2, 0.25) is 0 Å². The lowest BCUT2D eigenvalue weighted by atomic mass is 9.76. The molecule has 0 aliphatic carbocycles. The summed E-state index contributed by atoms with van der Waals surface area (Å²) in [6, 6.07) is 19.1. The van der Waals surface area contributed by atoms with Gasteiger partial charge < -0.3 is 0 Å². The summed E-state index contributed by atoms with van der Waals surface area (Å²) in [5, 5.41) is 0. The minimum atomic E-state index is -3.50. The first-order chi connectivity index (χ1) is 15.4. The molecule has 162 valence electrons. The molecule has 1 atom stereocenters. The molecule has 0 radical (unpaired) electrons. The summed E-state index contributed by atoms with van der Waals surface area (Å²) < 4.78 is 39.7. The molecular weight excluding hydrogens is 427 g/mol. The van der Waals surface area contributed by atoms with Gasteiger partial charge in [0.1, 0.15) is 11.6 Å². The highest BCUT2D eigenvalue weighted by Crippen LogP contribution is 2.42. The molecule has 8 heteroatoms. The number of halogens is 1. The van der Waals surface area contributed by atoms with Crippen molar-refractivity contribution in [3.63, 3.8) is 0 Å². The Kier molecular flexibility index (Phi) is 6.23.